The van der Waals surface area contributed by atoms with Gasteiger partial charge < -0.3 is 4.90 Å². The van der Waals surface area contributed by atoms with Crippen molar-refractivity contribution in [2.24, 2.45) is 4.99 Å². The Morgan fingerprint density at radius 2 is 1.73 bits per heavy atom. The van der Waals surface area contributed by atoms with Crippen LogP contribution in [0.3, 0.4) is 0 Å². The van der Waals surface area contributed by atoms with E-state index in [1.807, 2.05) is 29.2 Å². The molecule has 2 aromatic carbocycles. The first-order valence-electron chi connectivity index (χ1n) is 11.5. The number of guanidine groups is 1. The van der Waals surface area contributed by atoms with Crippen molar-refractivity contribution < 1.29 is 9.59 Å². The molecule has 168 valence electrons. The maximum Gasteiger partial charge on any atom is 0.259 e. The lowest BCUT2D eigenvalue weighted by atomic mass is 9.99. The molecule has 0 N–H and O–H groups in total. The van der Waals surface area contributed by atoms with Crippen molar-refractivity contribution in [2.75, 3.05) is 26.2 Å². The second kappa shape index (κ2) is 8.12. The minimum Gasteiger partial charge on any atom is -0.314 e. The molecule has 0 spiro atoms. The van der Waals surface area contributed by atoms with Gasteiger partial charge in [0.05, 0.1) is 18.7 Å². The number of carbonyl (C=O) groups excluding carboxylic acids is 2. The van der Waals surface area contributed by atoms with Gasteiger partial charge >= 0.3 is 0 Å². The molecule has 0 radical (unpaired) electrons. The molecule has 6 nitrogen and oxygen atoms in total. The van der Waals surface area contributed by atoms with Crippen LogP contribution in [0, 0.1) is 0 Å². The first kappa shape index (κ1) is 20.6. The number of benzene rings is 2. The van der Waals surface area contributed by atoms with E-state index in [2.05, 4.69) is 33.0 Å². The summed E-state index contributed by atoms with van der Waals surface area (Å²) in [5, 5.41) is 0.685. The van der Waals surface area contributed by atoms with Gasteiger partial charge in [-0.1, -0.05) is 35.9 Å². The van der Waals surface area contributed by atoms with Crippen LogP contribution in [0.15, 0.2) is 58.7 Å². The first-order chi connectivity index (χ1) is 16.1. The minimum absolute atomic E-state index is 0.0469. The zero-order valence-corrected chi connectivity index (χ0v) is 19.1. The molecule has 0 unspecified atom stereocenters. The number of rotatable bonds is 4. The topological polar surface area (TPSA) is 56.2 Å². The third-order valence-corrected chi connectivity index (χ3v) is 7.29. The van der Waals surface area contributed by atoms with Gasteiger partial charge in [-0.3, -0.25) is 24.4 Å². The van der Waals surface area contributed by atoms with E-state index >= 15 is 0 Å². The largest absolute Gasteiger partial charge is 0.314 e. The van der Waals surface area contributed by atoms with Crippen molar-refractivity contribution in [1.82, 2.24) is 14.7 Å². The van der Waals surface area contributed by atoms with Crippen LogP contribution in [0.25, 0.3) is 0 Å². The highest BCUT2D eigenvalue weighted by atomic mass is 35.5. The molecule has 1 aliphatic carbocycles. The van der Waals surface area contributed by atoms with Crippen LogP contribution in [0.1, 0.15) is 39.9 Å². The Balaban J connectivity index is 1.24. The lowest BCUT2D eigenvalue weighted by Crippen LogP contribution is -2.53. The molecule has 0 bridgehead atoms. The molecule has 4 aliphatic rings. The van der Waals surface area contributed by atoms with E-state index in [4.69, 9.17) is 11.6 Å². The van der Waals surface area contributed by atoms with Gasteiger partial charge in [0.25, 0.3) is 5.91 Å². The summed E-state index contributed by atoms with van der Waals surface area (Å²) in [4.78, 5) is 36.8. The summed E-state index contributed by atoms with van der Waals surface area (Å²) in [6.07, 6.45) is 2.31. The number of fused-ring (bicyclic) bond motifs is 3. The maximum absolute atomic E-state index is 13.6. The standard InChI is InChI=1S/C26H25ClN4O2/c27-20-6-2-17(3-7-20)15-31-25(33)22-16-29(11-9-23(22)30-12-10-28-26(30)31)14-18-1-4-19-5-8-24(32)21(19)13-18/h1-4,6-7,13H,5,8-12,14-16H2. The molecule has 0 saturated carbocycles. The highest BCUT2D eigenvalue weighted by molar-refractivity contribution is 6.30. The van der Waals surface area contributed by atoms with Crippen molar-refractivity contribution in [2.45, 2.75) is 32.4 Å². The van der Waals surface area contributed by atoms with Crippen molar-refractivity contribution in [1.29, 1.82) is 0 Å². The predicted octanol–water partition coefficient (Wildman–Crippen LogP) is 3.64. The molecule has 33 heavy (non-hydrogen) atoms. The molecule has 0 saturated heterocycles. The highest BCUT2D eigenvalue weighted by Gasteiger charge is 2.41. The Hall–Kier alpha value is -2.96. The van der Waals surface area contributed by atoms with Gasteiger partial charge in [-0.15, -0.1) is 0 Å². The van der Waals surface area contributed by atoms with E-state index in [0.29, 0.717) is 31.1 Å². The Bertz CT molecular complexity index is 1220. The van der Waals surface area contributed by atoms with Gasteiger partial charge in [0.1, 0.15) is 0 Å². The average Bonchev–Trinajstić information content (AvgIpc) is 3.45. The number of halogens is 1. The Kier molecular flexibility index (Phi) is 5.07. The number of ketones is 1. The van der Waals surface area contributed by atoms with Crippen LogP contribution < -0.4 is 0 Å². The van der Waals surface area contributed by atoms with E-state index in [0.717, 1.165) is 72.0 Å². The Labute approximate surface area is 198 Å². The zero-order chi connectivity index (χ0) is 22.5. The molecule has 0 aromatic heterocycles. The summed E-state index contributed by atoms with van der Waals surface area (Å²) >= 11 is 6.04. The highest BCUT2D eigenvalue weighted by Crippen LogP contribution is 2.32. The molecular formula is C26H25ClN4O2. The molecule has 1 amide bonds. The Morgan fingerprint density at radius 3 is 2.58 bits per heavy atom. The van der Waals surface area contributed by atoms with Crippen molar-refractivity contribution in [3.63, 3.8) is 0 Å². The summed E-state index contributed by atoms with van der Waals surface area (Å²) < 4.78 is 0. The fraction of sp³-hybridized carbons (Fsp3) is 0.346. The molecule has 2 aromatic rings. The van der Waals surface area contributed by atoms with Crippen LogP contribution in [-0.4, -0.2) is 58.5 Å². The van der Waals surface area contributed by atoms with Crippen molar-refractivity contribution in [3.05, 3.63) is 81.0 Å². The number of nitrogens with zero attached hydrogens (tertiary/aromatic N) is 4. The summed E-state index contributed by atoms with van der Waals surface area (Å²) in [5.74, 6) is 1.07. The summed E-state index contributed by atoms with van der Waals surface area (Å²) in [7, 11) is 0. The molecule has 0 fully saturated rings. The molecule has 3 aliphatic heterocycles. The van der Waals surface area contributed by atoms with E-state index in [9.17, 15) is 9.59 Å². The second-order valence-corrected chi connectivity index (χ2v) is 9.59. The third-order valence-electron chi connectivity index (χ3n) is 7.04. The van der Waals surface area contributed by atoms with E-state index in [1.54, 1.807) is 0 Å². The Morgan fingerprint density at radius 1 is 0.909 bits per heavy atom. The van der Waals surface area contributed by atoms with E-state index in [-0.39, 0.29) is 11.7 Å². The van der Waals surface area contributed by atoms with Crippen LogP contribution in [0.5, 0.6) is 0 Å². The van der Waals surface area contributed by atoms with Gasteiger partial charge in [0.2, 0.25) is 5.96 Å². The predicted molar refractivity (Wildman–Crippen MR) is 127 cm³/mol. The summed E-state index contributed by atoms with van der Waals surface area (Å²) in [6, 6.07) is 13.9. The first-order valence-corrected chi connectivity index (χ1v) is 11.9. The number of aliphatic imine (C=N–C) groups is 1. The van der Waals surface area contributed by atoms with E-state index in [1.165, 1.54) is 0 Å². The molecular weight excluding hydrogens is 436 g/mol. The zero-order valence-electron chi connectivity index (χ0n) is 18.4. The molecule has 6 rings (SSSR count). The lowest BCUT2D eigenvalue weighted by Gasteiger charge is -2.42. The molecule has 3 heterocycles. The van der Waals surface area contributed by atoms with Crippen LogP contribution in [0.4, 0.5) is 0 Å². The minimum atomic E-state index is 0.0469. The lowest BCUT2D eigenvalue weighted by molar-refractivity contribution is -0.125. The maximum atomic E-state index is 13.6. The number of amides is 1. The second-order valence-electron chi connectivity index (χ2n) is 9.15. The number of hydrogen-bond acceptors (Lipinski definition) is 5. The van der Waals surface area contributed by atoms with Gasteiger partial charge in [0, 0.05) is 55.3 Å². The average molecular weight is 461 g/mol. The summed E-state index contributed by atoms with van der Waals surface area (Å²) in [6.45, 7) is 4.25. The smallest absolute Gasteiger partial charge is 0.259 e. The monoisotopic (exact) mass is 460 g/mol. The van der Waals surface area contributed by atoms with Gasteiger partial charge in [-0.25, -0.2) is 0 Å². The van der Waals surface area contributed by atoms with Crippen LogP contribution >= 0.6 is 11.6 Å². The number of aryl methyl sites for hydroxylation is 1. The fourth-order valence-electron chi connectivity index (χ4n) is 5.36. The number of hydrogen-bond donors (Lipinski definition) is 0. The third kappa shape index (κ3) is 3.67. The number of Topliss-reactive ketones (excluding diaryl/α,β-unsaturated/α-hetero) is 1. The SMILES string of the molecule is O=C1CCc2ccc(CN3CCC4=C(C3)C(=O)N(Cc3ccc(Cl)cc3)C3=NCCN34)cc21. The fourth-order valence-corrected chi connectivity index (χ4v) is 5.49. The quantitative estimate of drug-likeness (QED) is 0.699. The van der Waals surface area contributed by atoms with Crippen LogP contribution in [-0.2, 0) is 24.3 Å². The van der Waals surface area contributed by atoms with Crippen molar-refractivity contribution >= 4 is 29.3 Å². The van der Waals surface area contributed by atoms with Gasteiger partial charge in [0.15, 0.2) is 5.78 Å². The van der Waals surface area contributed by atoms with Gasteiger partial charge in [-0.2, -0.15) is 0 Å². The van der Waals surface area contributed by atoms with E-state index < -0.39 is 0 Å². The van der Waals surface area contributed by atoms with Gasteiger partial charge in [-0.05, 0) is 41.3 Å². The molecule has 0 atom stereocenters. The normalized spacial score (nSPS) is 20.2. The van der Waals surface area contributed by atoms with Crippen molar-refractivity contribution in [3.8, 4) is 0 Å². The number of carbonyl (C=O) groups is 2. The summed E-state index contributed by atoms with van der Waals surface area (Å²) in [5.41, 5.74) is 6.20. The molecule has 7 heteroatoms. The van der Waals surface area contributed by atoms with Crippen LogP contribution in [0.2, 0.25) is 5.02 Å².